The standard InChI is InChI=1S/C22H30N2O3S/c25-18-3-5-20(23-18,13-17-2-1-7-28-17)6-4-19(26)24-21-9-15-8-16(10-21)12-22(27,11-15)14-21/h1-2,7,15-16,27H,3-6,8-14H2,(H,23,25)(H,24,26)/t15-,16+,20-,21?,22?/m0/s1. The van der Waals surface area contributed by atoms with Gasteiger partial charge < -0.3 is 15.7 Å². The molecular formula is C22H30N2O3S. The highest BCUT2D eigenvalue weighted by Gasteiger charge is 2.57. The van der Waals surface area contributed by atoms with E-state index in [-0.39, 0.29) is 22.9 Å². The lowest BCUT2D eigenvalue weighted by atomic mass is 9.51. The number of hydrogen-bond donors (Lipinski definition) is 3. The Morgan fingerprint density at radius 1 is 1.29 bits per heavy atom. The van der Waals surface area contributed by atoms with Crippen molar-refractivity contribution >= 4 is 23.2 Å². The minimum Gasteiger partial charge on any atom is -0.390 e. The molecule has 4 aliphatic carbocycles. The topological polar surface area (TPSA) is 78.4 Å². The van der Waals surface area contributed by atoms with Gasteiger partial charge >= 0.3 is 0 Å². The quantitative estimate of drug-likeness (QED) is 0.685. The van der Waals surface area contributed by atoms with Crippen LogP contribution in [0.3, 0.4) is 0 Å². The number of nitrogens with one attached hydrogen (secondary N) is 2. The lowest BCUT2D eigenvalue weighted by Crippen LogP contribution is -2.65. The van der Waals surface area contributed by atoms with E-state index in [4.69, 9.17) is 0 Å². The smallest absolute Gasteiger partial charge is 0.220 e. The van der Waals surface area contributed by atoms with Gasteiger partial charge in [0.25, 0.3) is 0 Å². The average Bonchev–Trinajstić information content (AvgIpc) is 3.21. The van der Waals surface area contributed by atoms with Crippen molar-refractivity contribution in [2.45, 2.75) is 87.3 Å². The Bertz CT molecular complexity index is 763. The zero-order chi connectivity index (χ0) is 19.4. The summed E-state index contributed by atoms with van der Waals surface area (Å²) in [6.45, 7) is 0. The number of carbonyl (C=O) groups excluding carboxylic acids is 2. The summed E-state index contributed by atoms with van der Waals surface area (Å²) in [5, 5.41) is 19.5. The lowest BCUT2D eigenvalue weighted by molar-refractivity contribution is -0.151. The van der Waals surface area contributed by atoms with Crippen LogP contribution in [-0.4, -0.2) is 33.6 Å². The molecule has 2 heterocycles. The van der Waals surface area contributed by atoms with Gasteiger partial charge in [0.15, 0.2) is 0 Å². The van der Waals surface area contributed by atoms with Gasteiger partial charge in [0, 0.05) is 35.2 Å². The molecule has 6 rings (SSSR count). The second kappa shape index (κ2) is 6.56. The molecule has 0 aromatic carbocycles. The molecule has 1 aromatic heterocycles. The molecule has 1 aliphatic heterocycles. The molecule has 1 aromatic rings. The minimum absolute atomic E-state index is 0.0808. The van der Waals surface area contributed by atoms with E-state index in [2.05, 4.69) is 22.1 Å². The van der Waals surface area contributed by atoms with Gasteiger partial charge in [-0.15, -0.1) is 11.3 Å². The van der Waals surface area contributed by atoms with E-state index in [1.165, 1.54) is 11.3 Å². The molecule has 5 nitrogen and oxygen atoms in total. The lowest BCUT2D eigenvalue weighted by Gasteiger charge is -2.60. The summed E-state index contributed by atoms with van der Waals surface area (Å²) in [7, 11) is 0. The van der Waals surface area contributed by atoms with Crippen LogP contribution in [0.25, 0.3) is 0 Å². The first-order valence-electron chi connectivity index (χ1n) is 10.7. The predicted molar refractivity (Wildman–Crippen MR) is 108 cm³/mol. The summed E-state index contributed by atoms with van der Waals surface area (Å²) in [6, 6.07) is 4.14. The van der Waals surface area contributed by atoms with Gasteiger partial charge in [-0.3, -0.25) is 9.59 Å². The fourth-order valence-corrected chi connectivity index (χ4v) is 7.85. The van der Waals surface area contributed by atoms with Gasteiger partial charge in [-0.05, 0) is 74.6 Å². The van der Waals surface area contributed by atoms with Crippen LogP contribution in [0.2, 0.25) is 0 Å². The maximum Gasteiger partial charge on any atom is 0.220 e. The molecule has 5 atom stereocenters. The van der Waals surface area contributed by atoms with Crippen molar-refractivity contribution in [2.24, 2.45) is 11.8 Å². The molecule has 5 fully saturated rings. The molecule has 152 valence electrons. The van der Waals surface area contributed by atoms with Gasteiger partial charge in [-0.2, -0.15) is 0 Å². The number of aliphatic hydroxyl groups is 1. The van der Waals surface area contributed by atoms with Crippen molar-refractivity contribution in [2.75, 3.05) is 0 Å². The predicted octanol–water partition coefficient (Wildman–Crippen LogP) is 2.92. The average molecular weight is 403 g/mol. The number of thiophene rings is 1. The maximum absolute atomic E-state index is 12.9. The van der Waals surface area contributed by atoms with Gasteiger partial charge in [0.05, 0.1) is 5.60 Å². The molecule has 5 aliphatic rings. The van der Waals surface area contributed by atoms with E-state index >= 15 is 0 Å². The molecule has 2 amide bonds. The first-order chi connectivity index (χ1) is 13.4. The fourth-order valence-electron chi connectivity index (χ4n) is 7.00. The van der Waals surface area contributed by atoms with Crippen LogP contribution in [-0.2, 0) is 16.0 Å². The molecule has 4 bridgehead atoms. The Morgan fingerprint density at radius 3 is 2.68 bits per heavy atom. The summed E-state index contributed by atoms with van der Waals surface area (Å²) >= 11 is 1.71. The number of rotatable bonds is 6. The summed E-state index contributed by atoms with van der Waals surface area (Å²) in [5.41, 5.74) is -1.05. The molecule has 3 N–H and O–H groups in total. The van der Waals surface area contributed by atoms with Crippen LogP contribution in [0.4, 0.5) is 0 Å². The second-order valence-electron chi connectivity index (χ2n) is 10.1. The minimum atomic E-state index is -0.558. The first-order valence-corrected chi connectivity index (χ1v) is 11.6. The van der Waals surface area contributed by atoms with Crippen LogP contribution in [0.5, 0.6) is 0 Å². The van der Waals surface area contributed by atoms with E-state index in [9.17, 15) is 14.7 Å². The first kappa shape index (κ1) is 18.6. The Hall–Kier alpha value is -1.40. The van der Waals surface area contributed by atoms with Crippen LogP contribution >= 0.6 is 11.3 Å². The third-order valence-electron chi connectivity index (χ3n) is 7.59. The third-order valence-corrected chi connectivity index (χ3v) is 8.47. The molecule has 6 heteroatoms. The zero-order valence-corrected chi connectivity index (χ0v) is 17.2. The Labute approximate surface area is 170 Å². The van der Waals surface area contributed by atoms with Crippen LogP contribution in [0, 0.1) is 11.8 Å². The molecular weight excluding hydrogens is 372 g/mol. The number of amides is 2. The van der Waals surface area contributed by atoms with Crippen LogP contribution in [0.1, 0.15) is 69.1 Å². The normalized spacial score (nSPS) is 41.2. The number of hydrogen-bond acceptors (Lipinski definition) is 4. The third kappa shape index (κ3) is 3.50. The monoisotopic (exact) mass is 402 g/mol. The molecule has 2 unspecified atom stereocenters. The molecule has 1 saturated heterocycles. The summed E-state index contributed by atoms with van der Waals surface area (Å²) < 4.78 is 0. The van der Waals surface area contributed by atoms with Gasteiger partial charge in [0.1, 0.15) is 0 Å². The van der Waals surface area contributed by atoms with Crippen molar-refractivity contribution in [3.05, 3.63) is 22.4 Å². The van der Waals surface area contributed by atoms with E-state index in [0.717, 1.165) is 44.9 Å². The largest absolute Gasteiger partial charge is 0.390 e. The maximum atomic E-state index is 12.9. The highest BCUT2D eigenvalue weighted by Crippen LogP contribution is 2.57. The second-order valence-corrected chi connectivity index (χ2v) is 11.1. The van der Waals surface area contributed by atoms with Crippen molar-refractivity contribution in [3.63, 3.8) is 0 Å². The molecule has 4 saturated carbocycles. The van der Waals surface area contributed by atoms with Gasteiger partial charge in [-0.1, -0.05) is 6.07 Å². The van der Waals surface area contributed by atoms with Crippen LogP contribution in [0.15, 0.2) is 17.5 Å². The summed E-state index contributed by atoms with van der Waals surface area (Å²) in [4.78, 5) is 26.1. The summed E-state index contributed by atoms with van der Waals surface area (Å²) in [6.07, 6.45) is 9.07. The Morgan fingerprint density at radius 2 is 2.07 bits per heavy atom. The zero-order valence-electron chi connectivity index (χ0n) is 16.3. The SMILES string of the molecule is O=C(CC[C@]1(Cc2cccs2)CCC(=O)N1)NC12C[C@@H]3C[C@@H](CC(O)(C3)C1)C2. The molecule has 28 heavy (non-hydrogen) atoms. The van der Waals surface area contributed by atoms with Gasteiger partial charge in [0.2, 0.25) is 11.8 Å². The van der Waals surface area contributed by atoms with Crippen molar-refractivity contribution in [1.29, 1.82) is 0 Å². The number of carbonyl (C=O) groups is 2. The van der Waals surface area contributed by atoms with E-state index < -0.39 is 5.60 Å². The fraction of sp³-hybridized carbons (Fsp3) is 0.727. The molecule has 0 spiro atoms. The highest BCUT2D eigenvalue weighted by molar-refractivity contribution is 7.09. The Kier molecular flexibility index (Phi) is 4.36. The van der Waals surface area contributed by atoms with Crippen LogP contribution < -0.4 is 10.6 Å². The highest BCUT2D eigenvalue weighted by atomic mass is 32.1. The van der Waals surface area contributed by atoms with E-state index in [1.807, 2.05) is 6.07 Å². The molecule has 0 radical (unpaired) electrons. The Balaban J connectivity index is 1.23. The van der Waals surface area contributed by atoms with Crippen molar-refractivity contribution in [3.8, 4) is 0 Å². The van der Waals surface area contributed by atoms with Gasteiger partial charge in [-0.25, -0.2) is 0 Å². The van der Waals surface area contributed by atoms with E-state index in [0.29, 0.717) is 31.1 Å². The summed E-state index contributed by atoms with van der Waals surface area (Å²) in [5.74, 6) is 1.30. The van der Waals surface area contributed by atoms with E-state index in [1.54, 1.807) is 11.3 Å². The van der Waals surface area contributed by atoms with Crippen molar-refractivity contribution < 1.29 is 14.7 Å². The van der Waals surface area contributed by atoms with Crippen molar-refractivity contribution in [1.82, 2.24) is 10.6 Å².